The van der Waals surface area contributed by atoms with E-state index >= 15 is 0 Å². The highest BCUT2D eigenvalue weighted by atomic mass is 15.1. The van der Waals surface area contributed by atoms with Gasteiger partial charge < -0.3 is 4.90 Å². The molecule has 0 N–H and O–H groups in total. The first kappa shape index (κ1) is 22.7. The summed E-state index contributed by atoms with van der Waals surface area (Å²) in [7, 11) is 0. The molecule has 4 aromatic carbocycles. The molecule has 35 heavy (non-hydrogen) atoms. The Morgan fingerprint density at radius 2 is 1.23 bits per heavy atom. The first-order valence-electron chi connectivity index (χ1n) is 12.2. The molecule has 1 aliphatic rings. The van der Waals surface area contributed by atoms with E-state index in [2.05, 4.69) is 154 Å². The number of allylic oxidation sites excluding steroid dienone is 4. The summed E-state index contributed by atoms with van der Waals surface area (Å²) in [6, 6.07) is 38.6. The summed E-state index contributed by atoms with van der Waals surface area (Å²) >= 11 is 0. The molecule has 1 nitrogen and oxygen atoms in total. The molecule has 0 saturated carbocycles. The van der Waals surface area contributed by atoms with E-state index in [1.807, 2.05) is 0 Å². The Morgan fingerprint density at radius 1 is 0.686 bits per heavy atom. The van der Waals surface area contributed by atoms with Gasteiger partial charge in [0.05, 0.1) is 0 Å². The molecule has 0 saturated heterocycles. The van der Waals surface area contributed by atoms with E-state index in [0.29, 0.717) is 0 Å². The van der Waals surface area contributed by atoms with Crippen molar-refractivity contribution in [3.05, 3.63) is 150 Å². The van der Waals surface area contributed by atoms with Gasteiger partial charge in [0.25, 0.3) is 0 Å². The molecule has 0 amide bonds. The van der Waals surface area contributed by atoms with Crippen molar-refractivity contribution in [1.29, 1.82) is 0 Å². The van der Waals surface area contributed by atoms with Crippen molar-refractivity contribution in [3.8, 4) is 11.1 Å². The summed E-state index contributed by atoms with van der Waals surface area (Å²) in [4.78, 5) is 2.33. The van der Waals surface area contributed by atoms with Gasteiger partial charge in [-0.25, -0.2) is 0 Å². The normalized spacial score (nSPS) is 15.8. The lowest BCUT2D eigenvalue weighted by atomic mass is 9.82. The number of anilines is 2. The molecule has 0 heterocycles. The predicted octanol–water partition coefficient (Wildman–Crippen LogP) is 9.33. The third-order valence-corrected chi connectivity index (χ3v) is 7.02. The van der Waals surface area contributed by atoms with Crippen molar-refractivity contribution in [2.75, 3.05) is 4.90 Å². The topological polar surface area (TPSA) is 3.24 Å². The average molecular weight is 454 g/mol. The number of rotatable bonds is 5. The van der Waals surface area contributed by atoms with E-state index in [4.69, 9.17) is 0 Å². The van der Waals surface area contributed by atoms with Crippen LogP contribution in [0, 0.1) is 0 Å². The fraction of sp³-hybridized carbons (Fsp3) is 0.118. The van der Waals surface area contributed by atoms with Crippen molar-refractivity contribution in [3.63, 3.8) is 0 Å². The van der Waals surface area contributed by atoms with Gasteiger partial charge in [-0.1, -0.05) is 111 Å². The molecule has 0 radical (unpaired) electrons. The Morgan fingerprint density at radius 3 is 1.86 bits per heavy atom. The van der Waals surface area contributed by atoms with E-state index < -0.39 is 0 Å². The third kappa shape index (κ3) is 4.15. The highest BCUT2D eigenvalue weighted by Gasteiger charge is 2.37. The quantitative estimate of drug-likeness (QED) is 0.291. The van der Waals surface area contributed by atoms with Gasteiger partial charge in [-0.2, -0.15) is 0 Å². The average Bonchev–Trinajstić information content (AvgIpc) is 3.10. The summed E-state index contributed by atoms with van der Waals surface area (Å²) in [5.74, 6) is 0. The number of fused-ring (bicyclic) bond motifs is 1. The minimum absolute atomic E-state index is 0.110. The van der Waals surface area contributed by atoms with Crippen LogP contribution in [0.25, 0.3) is 16.7 Å². The molecule has 172 valence electrons. The van der Waals surface area contributed by atoms with Crippen molar-refractivity contribution in [2.45, 2.75) is 26.2 Å². The van der Waals surface area contributed by atoms with Crippen LogP contribution >= 0.6 is 0 Å². The Balaban J connectivity index is 1.59. The SMILES string of the molecule is C=C1/C(=C\C(=C/C)N(c2ccccc2)c2ccc(-c3ccccc3)cc2)C(C)(C)c2ccccc21. The lowest BCUT2D eigenvalue weighted by Gasteiger charge is -2.29. The molecule has 0 atom stereocenters. The Labute approximate surface area is 209 Å². The fourth-order valence-corrected chi connectivity index (χ4v) is 5.11. The maximum Gasteiger partial charge on any atom is 0.0461 e. The smallest absolute Gasteiger partial charge is 0.0461 e. The number of para-hydroxylation sites is 1. The molecule has 0 fully saturated rings. The number of hydrogen-bond acceptors (Lipinski definition) is 1. The lowest BCUT2D eigenvalue weighted by molar-refractivity contribution is 0.660. The van der Waals surface area contributed by atoms with Crippen LogP contribution in [-0.4, -0.2) is 0 Å². The Hall–Kier alpha value is -4.10. The number of benzene rings is 4. The second-order valence-electron chi connectivity index (χ2n) is 9.50. The van der Waals surface area contributed by atoms with Gasteiger partial charge in [-0.05, 0) is 70.7 Å². The minimum Gasteiger partial charge on any atom is -0.311 e. The molecular formula is C34H31N. The largest absolute Gasteiger partial charge is 0.311 e. The van der Waals surface area contributed by atoms with Gasteiger partial charge in [0.2, 0.25) is 0 Å². The van der Waals surface area contributed by atoms with Crippen LogP contribution in [0.3, 0.4) is 0 Å². The van der Waals surface area contributed by atoms with E-state index in [9.17, 15) is 0 Å². The first-order valence-corrected chi connectivity index (χ1v) is 12.2. The van der Waals surface area contributed by atoms with Gasteiger partial charge in [0, 0.05) is 22.5 Å². The maximum absolute atomic E-state index is 4.50. The highest BCUT2D eigenvalue weighted by Crippen LogP contribution is 2.49. The zero-order chi connectivity index (χ0) is 24.4. The molecule has 0 aromatic heterocycles. The van der Waals surface area contributed by atoms with Crippen LogP contribution in [0.2, 0.25) is 0 Å². The van der Waals surface area contributed by atoms with Crippen molar-refractivity contribution in [2.24, 2.45) is 0 Å². The lowest BCUT2D eigenvalue weighted by Crippen LogP contribution is -2.19. The monoisotopic (exact) mass is 453 g/mol. The van der Waals surface area contributed by atoms with Gasteiger partial charge >= 0.3 is 0 Å². The summed E-state index contributed by atoms with van der Waals surface area (Å²) in [5, 5.41) is 0. The van der Waals surface area contributed by atoms with Crippen LogP contribution in [0.15, 0.2) is 139 Å². The molecule has 1 heteroatoms. The van der Waals surface area contributed by atoms with E-state index in [1.54, 1.807) is 0 Å². The summed E-state index contributed by atoms with van der Waals surface area (Å²) < 4.78 is 0. The molecule has 0 bridgehead atoms. The van der Waals surface area contributed by atoms with Crippen molar-refractivity contribution >= 4 is 16.9 Å². The number of nitrogens with zero attached hydrogens (tertiary/aromatic N) is 1. The maximum atomic E-state index is 4.50. The van der Waals surface area contributed by atoms with Crippen LogP contribution in [0.4, 0.5) is 11.4 Å². The van der Waals surface area contributed by atoms with Gasteiger partial charge in [0.1, 0.15) is 0 Å². The Kier molecular flexibility index (Phi) is 6.01. The molecule has 1 aliphatic carbocycles. The second kappa shape index (κ2) is 9.27. The molecule has 5 rings (SSSR count). The van der Waals surface area contributed by atoms with Crippen LogP contribution < -0.4 is 4.90 Å². The minimum atomic E-state index is -0.110. The van der Waals surface area contributed by atoms with Crippen LogP contribution in [0.1, 0.15) is 31.9 Å². The second-order valence-corrected chi connectivity index (χ2v) is 9.50. The first-order chi connectivity index (χ1) is 17.0. The standard InChI is InChI=1S/C34H31N/c1-5-28(24-33-25(2)31-18-12-13-19-32(31)34(33,3)4)35(29-16-10-7-11-17-29)30-22-20-27(21-23-30)26-14-8-6-9-15-26/h5-24H,2H2,1,3-4H3/b28-5+,33-24+. The summed E-state index contributed by atoms with van der Waals surface area (Å²) in [6.45, 7) is 11.2. The van der Waals surface area contributed by atoms with E-state index in [-0.39, 0.29) is 5.41 Å². The van der Waals surface area contributed by atoms with Gasteiger partial charge in [-0.15, -0.1) is 0 Å². The van der Waals surface area contributed by atoms with Crippen molar-refractivity contribution in [1.82, 2.24) is 0 Å². The van der Waals surface area contributed by atoms with E-state index in [1.165, 1.54) is 27.8 Å². The predicted molar refractivity (Wildman–Crippen MR) is 151 cm³/mol. The Bertz CT molecular complexity index is 1400. The van der Waals surface area contributed by atoms with Crippen LogP contribution in [-0.2, 0) is 5.41 Å². The fourth-order valence-electron chi connectivity index (χ4n) is 5.11. The van der Waals surface area contributed by atoms with E-state index in [0.717, 1.165) is 22.6 Å². The highest BCUT2D eigenvalue weighted by molar-refractivity contribution is 5.89. The van der Waals surface area contributed by atoms with Crippen LogP contribution in [0.5, 0.6) is 0 Å². The zero-order valence-electron chi connectivity index (χ0n) is 20.7. The summed E-state index contributed by atoms with van der Waals surface area (Å²) in [6.07, 6.45) is 4.51. The third-order valence-electron chi connectivity index (χ3n) is 7.02. The molecular weight excluding hydrogens is 422 g/mol. The summed E-state index contributed by atoms with van der Waals surface area (Å²) in [5.41, 5.74) is 10.7. The molecule has 0 aliphatic heterocycles. The van der Waals surface area contributed by atoms with Gasteiger partial charge in [0.15, 0.2) is 0 Å². The zero-order valence-corrected chi connectivity index (χ0v) is 20.7. The van der Waals surface area contributed by atoms with Gasteiger partial charge in [-0.3, -0.25) is 0 Å². The molecule has 4 aromatic rings. The number of hydrogen-bond donors (Lipinski definition) is 0. The van der Waals surface area contributed by atoms with Crippen molar-refractivity contribution < 1.29 is 0 Å². The molecule has 0 unspecified atom stereocenters. The molecule has 0 spiro atoms.